The van der Waals surface area contributed by atoms with Gasteiger partial charge < -0.3 is 19.9 Å². The van der Waals surface area contributed by atoms with Gasteiger partial charge in [0.1, 0.15) is 5.75 Å². The number of azide groups is 1. The molecule has 1 aliphatic rings. The van der Waals surface area contributed by atoms with Crippen LogP contribution in [0.15, 0.2) is 112 Å². The Morgan fingerprint density at radius 3 is 2.49 bits per heavy atom. The first-order valence-corrected chi connectivity index (χ1v) is 15.6. The van der Waals surface area contributed by atoms with Crippen LogP contribution in [0, 0.1) is 0 Å². The number of nitrogens with zero attached hydrogens (tertiary/aromatic N) is 4. The summed E-state index contributed by atoms with van der Waals surface area (Å²) in [6.45, 7) is 0.742. The molecule has 0 aromatic heterocycles. The smallest absolute Gasteiger partial charge is 0.252 e. The predicted molar refractivity (Wildman–Crippen MR) is 178 cm³/mol. The molecule has 2 atom stereocenters. The van der Waals surface area contributed by atoms with Crippen LogP contribution in [0.4, 0.5) is 5.69 Å². The number of carbonyl (C=O) groups excluding carboxylic acids is 1. The predicted octanol–water partition coefficient (Wildman–Crippen LogP) is 7.66. The summed E-state index contributed by atoms with van der Waals surface area (Å²) in [4.78, 5) is 22.6. The van der Waals surface area contributed by atoms with Crippen LogP contribution < -0.4 is 10.1 Å². The summed E-state index contributed by atoms with van der Waals surface area (Å²) in [5.74, 6) is 0.559. The van der Waals surface area contributed by atoms with Gasteiger partial charge in [0.05, 0.1) is 6.61 Å². The van der Waals surface area contributed by atoms with Gasteiger partial charge in [0.15, 0.2) is 11.6 Å². The molecule has 0 fully saturated rings. The van der Waals surface area contributed by atoms with Crippen molar-refractivity contribution in [1.29, 1.82) is 0 Å². The van der Waals surface area contributed by atoms with Crippen molar-refractivity contribution in [2.45, 2.75) is 30.9 Å². The number of benzene rings is 4. The number of carbonyl (C=O) groups is 1. The van der Waals surface area contributed by atoms with E-state index in [0.29, 0.717) is 53.6 Å². The minimum atomic E-state index is -1.48. The zero-order valence-electron chi connectivity index (χ0n) is 24.3. The molecule has 0 spiro atoms. The molecule has 0 bridgehead atoms. The third-order valence-electron chi connectivity index (χ3n) is 7.46. The molecule has 0 unspecified atom stereocenters. The lowest BCUT2D eigenvalue weighted by Gasteiger charge is -2.31. The molecule has 4 aromatic rings. The zero-order chi connectivity index (χ0) is 31.6. The first kappa shape index (κ1) is 32.1. The molecular formula is C34H31BrClN5O4. The van der Waals surface area contributed by atoms with Crippen LogP contribution >= 0.6 is 27.5 Å². The van der Waals surface area contributed by atoms with E-state index in [0.717, 1.165) is 15.6 Å². The number of nitrogens with one attached hydrogen (secondary N) is 1. The molecule has 1 aliphatic heterocycles. The van der Waals surface area contributed by atoms with Gasteiger partial charge in [-0.1, -0.05) is 93.3 Å². The third-order valence-corrected chi connectivity index (χ3v) is 8.60. The molecular weight excluding hydrogens is 658 g/mol. The standard InChI is InChI=1S/C34H31BrClN5O4/c35-28-11-4-1-9-25(28)22-34(33(43)38-19-18-23-8-2-5-12-29(23)36)31(27-10-3-6-13-30(27)40-41-37)45-32(39-34)24-14-16-26(17-15-24)44-21-7-20-42/h1-6,8-17,31,42H,7,18-22H2,(H,38,43)/t31-,34-/m1/s1. The van der Waals surface area contributed by atoms with Crippen molar-refractivity contribution in [2.75, 3.05) is 19.8 Å². The first-order valence-electron chi connectivity index (χ1n) is 14.4. The van der Waals surface area contributed by atoms with Crippen LogP contribution in [0.2, 0.25) is 5.02 Å². The lowest BCUT2D eigenvalue weighted by Crippen LogP contribution is -2.50. The molecule has 4 aromatic carbocycles. The highest BCUT2D eigenvalue weighted by molar-refractivity contribution is 9.10. The molecule has 0 radical (unpaired) electrons. The van der Waals surface area contributed by atoms with E-state index >= 15 is 0 Å². The fraction of sp³-hybridized carbons (Fsp3) is 0.235. The quantitative estimate of drug-likeness (QED) is 0.0647. The Bertz CT molecular complexity index is 1730. The number of rotatable bonds is 13. The number of aliphatic hydroxyl groups excluding tert-OH is 1. The molecule has 2 N–H and O–H groups in total. The van der Waals surface area contributed by atoms with Gasteiger partial charge in [-0.15, -0.1) is 0 Å². The Balaban J connectivity index is 1.58. The van der Waals surface area contributed by atoms with E-state index in [-0.39, 0.29) is 24.8 Å². The van der Waals surface area contributed by atoms with Crippen molar-refractivity contribution in [2.24, 2.45) is 10.1 Å². The van der Waals surface area contributed by atoms with Crippen molar-refractivity contribution >= 4 is 45.0 Å². The second kappa shape index (κ2) is 15.1. The number of hydrogen-bond donors (Lipinski definition) is 2. The lowest BCUT2D eigenvalue weighted by atomic mass is 9.81. The molecule has 0 saturated heterocycles. The second-order valence-electron chi connectivity index (χ2n) is 10.4. The molecule has 230 valence electrons. The molecule has 11 heteroatoms. The van der Waals surface area contributed by atoms with Crippen LogP contribution in [0.5, 0.6) is 5.75 Å². The fourth-order valence-corrected chi connectivity index (χ4v) is 5.86. The molecule has 5 rings (SSSR count). The summed E-state index contributed by atoms with van der Waals surface area (Å²) < 4.78 is 13.1. The van der Waals surface area contributed by atoms with Gasteiger partial charge in [-0.2, -0.15) is 0 Å². The minimum Gasteiger partial charge on any atom is -0.494 e. The van der Waals surface area contributed by atoms with Crippen LogP contribution in [-0.4, -0.2) is 42.2 Å². The highest BCUT2D eigenvalue weighted by atomic mass is 79.9. The Hall–Kier alpha value is -4.34. The Labute approximate surface area is 274 Å². The van der Waals surface area contributed by atoms with Crippen molar-refractivity contribution in [3.8, 4) is 5.75 Å². The largest absolute Gasteiger partial charge is 0.494 e. The van der Waals surface area contributed by atoms with E-state index in [1.54, 1.807) is 30.3 Å². The van der Waals surface area contributed by atoms with Gasteiger partial charge in [0, 0.05) is 57.2 Å². The maximum atomic E-state index is 14.5. The summed E-state index contributed by atoms with van der Waals surface area (Å²) in [5.41, 5.74) is 11.2. The van der Waals surface area contributed by atoms with Gasteiger partial charge >= 0.3 is 0 Å². The van der Waals surface area contributed by atoms with Crippen LogP contribution in [0.25, 0.3) is 10.4 Å². The average molecular weight is 689 g/mol. The maximum absolute atomic E-state index is 14.5. The van der Waals surface area contributed by atoms with Crippen molar-refractivity contribution in [1.82, 2.24) is 5.32 Å². The van der Waals surface area contributed by atoms with Gasteiger partial charge in [-0.05, 0) is 59.5 Å². The molecule has 1 amide bonds. The SMILES string of the molecule is [N-]=[N+]=Nc1ccccc1[C@H]1OC(c2ccc(OCCCO)cc2)=N[C@@]1(Cc1ccccc1Br)C(=O)NCCc1ccccc1Cl. The Kier molecular flexibility index (Phi) is 10.8. The number of aliphatic hydroxyl groups is 1. The minimum absolute atomic E-state index is 0.0432. The summed E-state index contributed by atoms with van der Waals surface area (Å²) in [6, 6.07) is 29.4. The molecule has 9 nitrogen and oxygen atoms in total. The number of halogens is 2. The topological polar surface area (TPSA) is 129 Å². The zero-order valence-corrected chi connectivity index (χ0v) is 26.6. The number of aliphatic imine (C=N–C) groups is 1. The maximum Gasteiger partial charge on any atom is 0.252 e. The fourth-order valence-electron chi connectivity index (χ4n) is 5.20. The number of hydrogen-bond acceptors (Lipinski definition) is 6. The Morgan fingerprint density at radius 2 is 1.76 bits per heavy atom. The highest BCUT2D eigenvalue weighted by Crippen LogP contribution is 2.46. The first-order chi connectivity index (χ1) is 21.9. The van der Waals surface area contributed by atoms with Crippen LogP contribution in [-0.2, 0) is 22.4 Å². The van der Waals surface area contributed by atoms with E-state index in [4.69, 9.17) is 31.2 Å². The van der Waals surface area contributed by atoms with Gasteiger partial charge in [-0.3, -0.25) is 4.79 Å². The van der Waals surface area contributed by atoms with Gasteiger partial charge in [-0.25, -0.2) is 4.99 Å². The number of ether oxygens (including phenoxy) is 2. The van der Waals surface area contributed by atoms with E-state index in [1.807, 2.05) is 66.7 Å². The summed E-state index contributed by atoms with van der Waals surface area (Å²) >= 11 is 10.0. The Morgan fingerprint density at radius 1 is 1.04 bits per heavy atom. The molecule has 45 heavy (non-hydrogen) atoms. The lowest BCUT2D eigenvalue weighted by molar-refractivity contribution is -0.128. The summed E-state index contributed by atoms with van der Waals surface area (Å²) in [5, 5.41) is 16.7. The summed E-state index contributed by atoms with van der Waals surface area (Å²) in [6.07, 6.45) is 0.300. The second-order valence-corrected chi connectivity index (χ2v) is 11.7. The van der Waals surface area contributed by atoms with E-state index < -0.39 is 11.6 Å². The van der Waals surface area contributed by atoms with E-state index in [1.165, 1.54) is 0 Å². The van der Waals surface area contributed by atoms with E-state index in [9.17, 15) is 10.3 Å². The summed E-state index contributed by atoms with van der Waals surface area (Å²) in [7, 11) is 0. The number of amides is 1. The van der Waals surface area contributed by atoms with Crippen LogP contribution in [0.1, 0.15) is 34.8 Å². The molecule has 1 heterocycles. The third kappa shape index (κ3) is 7.49. The average Bonchev–Trinajstić information content (AvgIpc) is 3.44. The van der Waals surface area contributed by atoms with Crippen LogP contribution in [0.3, 0.4) is 0 Å². The van der Waals surface area contributed by atoms with Gasteiger partial charge in [0.25, 0.3) is 5.91 Å². The van der Waals surface area contributed by atoms with Crippen molar-refractivity contribution in [3.63, 3.8) is 0 Å². The molecule has 0 saturated carbocycles. The molecule has 0 aliphatic carbocycles. The van der Waals surface area contributed by atoms with Crippen molar-refractivity contribution < 1.29 is 19.4 Å². The normalized spacial score (nSPS) is 17.1. The van der Waals surface area contributed by atoms with Gasteiger partial charge in [0.2, 0.25) is 5.90 Å². The highest BCUT2D eigenvalue weighted by Gasteiger charge is 2.54. The van der Waals surface area contributed by atoms with E-state index in [2.05, 4.69) is 31.3 Å². The van der Waals surface area contributed by atoms with Crippen molar-refractivity contribution in [3.05, 3.63) is 139 Å². The monoisotopic (exact) mass is 687 g/mol.